The molecule has 0 fully saturated rings. The normalized spacial score (nSPS) is 11.5. The van der Waals surface area contributed by atoms with Crippen LogP contribution in [0.1, 0.15) is 43.0 Å². The smallest absolute Gasteiger partial charge is 0.320 e. The SMILES string of the molecule is Cc1cc(-c2c(OCc3cccc(C(C)(C)OC(=O)CN)n3)nc(N)nc2-c2ccc(F)cc2)cc(C(F)F)n1. The van der Waals surface area contributed by atoms with Crippen LogP contribution in [0.4, 0.5) is 19.1 Å². The van der Waals surface area contributed by atoms with Gasteiger partial charge < -0.3 is 20.9 Å². The van der Waals surface area contributed by atoms with E-state index in [1.807, 2.05) is 0 Å². The number of aryl methyl sites for hydroxylation is 1. The highest BCUT2D eigenvalue weighted by Crippen LogP contribution is 2.39. The number of nitrogen functional groups attached to an aromatic ring is 1. The van der Waals surface area contributed by atoms with Gasteiger partial charge in [0.1, 0.15) is 23.7 Å². The number of esters is 1. The molecule has 0 amide bonds. The van der Waals surface area contributed by atoms with Crippen molar-refractivity contribution < 1.29 is 27.4 Å². The predicted octanol–water partition coefficient (Wildman–Crippen LogP) is 4.88. The van der Waals surface area contributed by atoms with Crippen molar-refractivity contribution in [1.29, 1.82) is 0 Å². The summed E-state index contributed by atoms with van der Waals surface area (Å²) in [5.74, 6) is -1.19. The Bertz CT molecular complexity index is 1530. The van der Waals surface area contributed by atoms with E-state index < -0.39 is 29.5 Å². The van der Waals surface area contributed by atoms with E-state index in [9.17, 15) is 18.0 Å². The van der Waals surface area contributed by atoms with Gasteiger partial charge in [0.15, 0.2) is 0 Å². The zero-order chi connectivity index (χ0) is 29.0. The minimum atomic E-state index is -2.82. The number of nitrogens with two attached hydrogens (primary N) is 2. The number of nitrogens with zero attached hydrogens (tertiary/aromatic N) is 4. The Kier molecular flexibility index (Phi) is 8.29. The van der Waals surface area contributed by atoms with Gasteiger partial charge in [-0.05, 0) is 74.9 Å². The summed E-state index contributed by atoms with van der Waals surface area (Å²) in [4.78, 5) is 28.8. The van der Waals surface area contributed by atoms with Gasteiger partial charge in [0, 0.05) is 11.3 Å². The molecule has 3 heterocycles. The lowest BCUT2D eigenvalue weighted by Gasteiger charge is -2.24. The summed E-state index contributed by atoms with van der Waals surface area (Å²) in [6, 6.07) is 13.4. The van der Waals surface area contributed by atoms with E-state index in [4.69, 9.17) is 20.9 Å². The molecule has 4 aromatic rings. The molecule has 3 aromatic heterocycles. The molecule has 0 aliphatic rings. The molecular weight excluding hydrogens is 525 g/mol. The van der Waals surface area contributed by atoms with Crippen LogP contribution in [-0.4, -0.2) is 32.4 Å². The number of halogens is 3. The van der Waals surface area contributed by atoms with Gasteiger partial charge in [-0.2, -0.15) is 4.98 Å². The molecule has 0 atom stereocenters. The molecule has 0 saturated carbocycles. The van der Waals surface area contributed by atoms with E-state index in [2.05, 4.69) is 19.9 Å². The maximum absolute atomic E-state index is 13.7. The van der Waals surface area contributed by atoms with Gasteiger partial charge in [0.25, 0.3) is 6.43 Å². The molecule has 0 spiro atoms. The van der Waals surface area contributed by atoms with E-state index in [1.54, 1.807) is 45.0 Å². The van der Waals surface area contributed by atoms with Gasteiger partial charge in [0.05, 0.1) is 29.2 Å². The van der Waals surface area contributed by atoms with Gasteiger partial charge in [-0.15, -0.1) is 0 Å². The standard InChI is InChI=1S/C28H27F3N6O3/c1-15-11-17(12-20(34-15)25(30)31)23-24(16-7-9-18(29)10-8-16)36-27(33)37-26(23)39-14-19-5-4-6-21(35-19)28(2,3)40-22(38)13-32/h4-12,25H,13-14,32H2,1-3H3,(H2,33,36,37). The monoisotopic (exact) mass is 552 g/mol. The summed E-state index contributed by atoms with van der Waals surface area (Å²) in [6.45, 7) is 4.56. The lowest BCUT2D eigenvalue weighted by atomic mass is 9.99. The minimum Gasteiger partial charge on any atom is -0.471 e. The number of pyridine rings is 2. The topological polar surface area (TPSA) is 139 Å². The fourth-order valence-corrected chi connectivity index (χ4v) is 4.00. The summed E-state index contributed by atoms with van der Waals surface area (Å²) in [6.07, 6.45) is -2.82. The molecule has 12 heteroatoms. The third-order valence-electron chi connectivity index (χ3n) is 5.81. The van der Waals surface area contributed by atoms with Gasteiger partial charge in [-0.3, -0.25) is 14.8 Å². The second-order valence-electron chi connectivity index (χ2n) is 9.33. The average Bonchev–Trinajstić information content (AvgIpc) is 2.91. The third kappa shape index (κ3) is 6.52. The Balaban J connectivity index is 1.79. The summed E-state index contributed by atoms with van der Waals surface area (Å²) < 4.78 is 52.4. The molecule has 0 radical (unpaired) electrons. The van der Waals surface area contributed by atoms with Crippen molar-refractivity contribution in [1.82, 2.24) is 19.9 Å². The first kappa shape index (κ1) is 28.4. The Morgan fingerprint density at radius 1 is 1.00 bits per heavy atom. The largest absolute Gasteiger partial charge is 0.471 e. The van der Waals surface area contributed by atoms with Crippen LogP contribution in [0.2, 0.25) is 0 Å². The van der Waals surface area contributed by atoms with Gasteiger partial charge in [0.2, 0.25) is 11.8 Å². The highest BCUT2D eigenvalue weighted by atomic mass is 19.3. The van der Waals surface area contributed by atoms with Gasteiger partial charge in [-0.25, -0.2) is 18.2 Å². The Labute approximate surface area is 228 Å². The highest BCUT2D eigenvalue weighted by Gasteiger charge is 2.27. The zero-order valence-corrected chi connectivity index (χ0v) is 22.0. The van der Waals surface area contributed by atoms with Crippen molar-refractivity contribution in [3.8, 4) is 28.3 Å². The summed E-state index contributed by atoms with van der Waals surface area (Å²) >= 11 is 0. The first-order valence-electron chi connectivity index (χ1n) is 12.2. The number of benzene rings is 1. The molecule has 1 aromatic carbocycles. The van der Waals surface area contributed by atoms with Crippen LogP contribution in [0.25, 0.3) is 22.4 Å². The van der Waals surface area contributed by atoms with Gasteiger partial charge >= 0.3 is 5.97 Å². The summed E-state index contributed by atoms with van der Waals surface area (Å²) in [5.41, 5.74) is 12.4. The van der Waals surface area contributed by atoms with Crippen molar-refractivity contribution >= 4 is 11.9 Å². The third-order valence-corrected chi connectivity index (χ3v) is 5.81. The molecule has 0 unspecified atom stereocenters. The number of ether oxygens (including phenoxy) is 2. The Morgan fingerprint density at radius 3 is 2.40 bits per heavy atom. The van der Waals surface area contributed by atoms with Crippen molar-refractivity contribution in [3.63, 3.8) is 0 Å². The van der Waals surface area contributed by atoms with Crippen LogP contribution < -0.4 is 16.2 Å². The quantitative estimate of drug-likeness (QED) is 0.278. The van der Waals surface area contributed by atoms with E-state index in [0.717, 1.165) is 0 Å². The van der Waals surface area contributed by atoms with Crippen LogP contribution in [0.3, 0.4) is 0 Å². The fraction of sp³-hybridized carbons (Fsp3) is 0.250. The first-order valence-corrected chi connectivity index (χ1v) is 12.2. The van der Waals surface area contributed by atoms with Crippen LogP contribution in [-0.2, 0) is 21.7 Å². The number of carbonyl (C=O) groups excluding carboxylic acids is 1. The molecule has 0 saturated heterocycles. The van der Waals surface area contributed by atoms with Gasteiger partial charge in [-0.1, -0.05) is 6.07 Å². The van der Waals surface area contributed by atoms with Crippen molar-refractivity contribution in [2.45, 2.75) is 39.4 Å². The van der Waals surface area contributed by atoms with Crippen LogP contribution in [0.15, 0.2) is 54.6 Å². The maximum Gasteiger partial charge on any atom is 0.320 e. The molecule has 4 rings (SSSR count). The van der Waals surface area contributed by atoms with E-state index in [-0.39, 0.29) is 36.2 Å². The molecular formula is C28H27F3N6O3. The highest BCUT2D eigenvalue weighted by molar-refractivity contribution is 5.85. The number of alkyl halides is 2. The second kappa shape index (κ2) is 11.7. The van der Waals surface area contributed by atoms with Crippen molar-refractivity contribution in [3.05, 3.63) is 83.2 Å². The first-order chi connectivity index (χ1) is 19.0. The average molecular weight is 553 g/mol. The van der Waals surface area contributed by atoms with Crippen molar-refractivity contribution in [2.24, 2.45) is 5.73 Å². The summed E-state index contributed by atoms with van der Waals surface area (Å²) in [5, 5.41) is 0. The Morgan fingerprint density at radius 2 is 1.73 bits per heavy atom. The lowest BCUT2D eigenvalue weighted by Crippen LogP contribution is -2.30. The molecule has 0 aliphatic carbocycles. The summed E-state index contributed by atoms with van der Waals surface area (Å²) in [7, 11) is 0. The van der Waals surface area contributed by atoms with E-state index in [1.165, 1.54) is 30.3 Å². The van der Waals surface area contributed by atoms with Crippen molar-refractivity contribution in [2.75, 3.05) is 12.3 Å². The van der Waals surface area contributed by atoms with E-state index in [0.29, 0.717) is 28.2 Å². The second-order valence-corrected chi connectivity index (χ2v) is 9.33. The maximum atomic E-state index is 13.7. The molecule has 40 heavy (non-hydrogen) atoms. The number of anilines is 1. The molecule has 208 valence electrons. The molecule has 0 aliphatic heterocycles. The van der Waals surface area contributed by atoms with Crippen LogP contribution in [0, 0.1) is 12.7 Å². The molecule has 9 nitrogen and oxygen atoms in total. The number of rotatable bonds is 9. The lowest BCUT2D eigenvalue weighted by molar-refractivity contribution is -0.155. The number of carbonyl (C=O) groups is 1. The molecule has 4 N–H and O–H groups in total. The number of aromatic nitrogens is 4. The van der Waals surface area contributed by atoms with E-state index >= 15 is 0 Å². The van der Waals surface area contributed by atoms with Crippen LogP contribution >= 0.6 is 0 Å². The number of hydrogen-bond donors (Lipinski definition) is 2. The molecule has 0 bridgehead atoms. The zero-order valence-electron chi connectivity index (χ0n) is 22.0. The number of hydrogen-bond acceptors (Lipinski definition) is 9. The predicted molar refractivity (Wildman–Crippen MR) is 142 cm³/mol. The van der Waals surface area contributed by atoms with Crippen LogP contribution in [0.5, 0.6) is 5.88 Å². The minimum absolute atomic E-state index is 0.00124. The Hall–Kier alpha value is -4.58. The fourth-order valence-electron chi connectivity index (χ4n) is 4.00.